The zero-order valence-electron chi connectivity index (χ0n) is 14.4. The summed E-state index contributed by atoms with van der Waals surface area (Å²) in [5.74, 6) is -0.408. The SMILES string of the molecule is Cl.NC(=O)c1cccc(-c2ccc(CNCC3=CCCC(Cl)=C3)cc2)c1. The van der Waals surface area contributed by atoms with Gasteiger partial charge in [-0.3, -0.25) is 4.79 Å². The standard InChI is InChI=1S/C21H21ClN2O.ClH/c22-20-6-1-3-16(11-20)14-24-13-15-7-9-17(10-8-15)18-4-2-5-19(12-18)21(23)25;/h2-5,7-12,24H,1,6,13-14H2,(H2,23,25);1H. The average Bonchev–Trinajstić information content (AvgIpc) is 2.62. The van der Waals surface area contributed by atoms with Crippen LogP contribution in [0, 0.1) is 0 Å². The van der Waals surface area contributed by atoms with Crippen LogP contribution < -0.4 is 11.1 Å². The monoisotopic (exact) mass is 388 g/mol. The molecule has 3 N–H and O–H groups in total. The molecule has 0 spiro atoms. The van der Waals surface area contributed by atoms with Gasteiger partial charge in [0, 0.05) is 23.7 Å². The van der Waals surface area contributed by atoms with Crippen LogP contribution in [0.2, 0.25) is 0 Å². The van der Waals surface area contributed by atoms with E-state index in [9.17, 15) is 4.79 Å². The molecule has 0 radical (unpaired) electrons. The molecule has 1 aliphatic rings. The Morgan fingerprint density at radius 1 is 1.08 bits per heavy atom. The molecule has 0 fully saturated rings. The lowest BCUT2D eigenvalue weighted by molar-refractivity contribution is 0.100. The van der Waals surface area contributed by atoms with Gasteiger partial charge < -0.3 is 11.1 Å². The molecule has 0 unspecified atom stereocenters. The molecule has 26 heavy (non-hydrogen) atoms. The van der Waals surface area contributed by atoms with E-state index < -0.39 is 5.91 Å². The van der Waals surface area contributed by atoms with Crippen LogP contribution >= 0.6 is 24.0 Å². The molecule has 0 saturated heterocycles. The lowest BCUT2D eigenvalue weighted by Crippen LogP contribution is -2.16. The van der Waals surface area contributed by atoms with Crippen molar-refractivity contribution in [2.45, 2.75) is 19.4 Å². The Bertz CT molecular complexity index is 826. The van der Waals surface area contributed by atoms with Gasteiger partial charge >= 0.3 is 0 Å². The van der Waals surface area contributed by atoms with E-state index in [-0.39, 0.29) is 12.4 Å². The molecule has 3 rings (SSSR count). The second kappa shape index (κ2) is 9.58. The number of hydrogen-bond donors (Lipinski definition) is 2. The zero-order valence-corrected chi connectivity index (χ0v) is 15.9. The fourth-order valence-corrected chi connectivity index (χ4v) is 3.12. The van der Waals surface area contributed by atoms with E-state index in [0.29, 0.717) is 5.56 Å². The van der Waals surface area contributed by atoms with Crippen molar-refractivity contribution in [3.63, 3.8) is 0 Å². The molecule has 5 heteroatoms. The van der Waals surface area contributed by atoms with Gasteiger partial charge in [-0.2, -0.15) is 0 Å². The van der Waals surface area contributed by atoms with E-state index in [1.54, 1.807) is 6.07 Å². The van der Waals surface area contributed by atoms with Gasteiger partial charge in [0.2, 0.25) is 5.91 Å². The van der Waals surface area contributed by atoms with Crippen LogP contribution in [0.5, 0.6) is 0 Å². The molecule has 0 atom stereocenters. The Kier molecular flexibility index (Phi) is 7.46. The normalized spacial score (nSPS) is 13.4. The van der Waals surface area contributed by atoms with E-state index in [0.717, 1.165) is 42.1 Å². The van der Waals surface area contributed by atoms with Crippen molar-refractivity contribution in [1.82, 2.24) is 5.32 Å². The highest BCUT2D eigenvalue weighted by molar-refractivity contribution is 6.29. The molecule has 0 aliphatic heterocycles. The Morgan fingerprint density at radius 3 is 2.54 bits per heavy atom. The lowest BCUT2D eigenvalue weighted by atomic mass is 10.0. The van der Waals surface area contributed by atoms with Gasteiger partial charge in [-0.1, -0.05) is 54.1 Å². The topological polar surface area (TPSA) is 55.1 Å². The van der Waals surface area contributed by atoms with E-state index in [4.69, 9.17) is 17.3 Å². The van der Waals surface area contributed by atoms with Crippen molar-refractivity contribution in [2.75, 3.05) is 6.54 Å². The first kappa shape index (κ1) is 20.2. The minimum atomic E-state index is -0.408. The molecular formula is C21H22Cl2N2O. The number of nitrogens with two attached hydrogens (primary N) is 1. The highest BCUT2D eigenvalue weighted by Crippen LogP contribution is 2.22. The summed E-state index contributed by atoms with van der Waals surface area (Å²) in [4.78, 5) is 11.3. The van der Waals surface area contributed by atoms with Crippen LogP contribution in [0.1, 0.15) is 28.8 Å². The number of benzene rings is 2. The Balaban J connectivity index is 0.00000243. The molecule has 1 aliphatic carbocycles. The number of amides is 1. The smallest absolute Gasteiger partial charge is 0.248 e. The Morgan fingerprint density at radius 2 is 1.85 bits per heavy atom. The molecule has 0 heterocycles. The summed E-state index contributed by atoms with van der Waals surface area (Å²) in [6.07, 6.45) is 6.25. The maximum atomic E-state index is 11.3. The van der Waals surface area contributed by atoms with Crippen molar-refractivity contribution < 1.29 is 4.79 Å². The molecule has 1 amide bonds. The van der Waals surface area contributed by atoms with Gasteiger partial charge in [-0.15, -0.1) is 12.4 Å². The second-order valence-corrected chi connectivity index (χ2v) is 6.64. The minimum Gasteiger partial charge on any atom is -0.366 e. The molecular weight excluding hydrogens is 367 g/mol. The van der Waals surface area contributed by atoms with Crippen LogP contribution in [-0.4, -0.2) is 12.5 Å². The van der Waals surface area contributed by atoms with E-state index >= 15 is 0 Å². The van der Waals surface area contributed by atoms with Crippen LogP contribution in [0.25, 0.3) is 11.1 Å². The Labute approximate surface area is 165 Å². The van der Waals surface area contributed by atoms with Gasteiger partial charge in [-0.25, -0.2) is 0 Å². The quantitative estimate of drug-likeness (QED) is 0.745. The van der Waals surface area contributed by atoms with Crippen molar-refractivity contribution in [3.05, 3.63) is 82.4 Å². The highest BCUT2D eigenvalue weighted by atomic mass is 35.5. The molecule has 2 aromatic rings. The van der Waals surface area contributed by atoms with Crippen molar-refractivity contribution in [1.29, 1.82) is 0 Å². The summed E-state index contributed by atoms with van der Waals surface area (Å²) in [7, 11) is 0. The van der Waals surface area contributed by atoms with Crippen molar-refractivity contribution >= 4 is 29.9 Å². The number of hydrogen-bond acceptors (Lipinski definition) is 2. The first-order valence-corrected chi connectivity index (χ1v) is 8.74. The van der Waals surface area contributed by atoms with Crippen LogP contribution in [0.4, 0.5) is 0 Å². The summed E-state index contributed by atoms with van der Waals surface area (Å²) in [6.45, 7) is 1.61. The molecule has 0 bridgehead atoms. The molecule has 0 aromatic heterocycles. The Hall–Kier alpha value is -2.07. The summed E-state index contributed by atoms with van der Waals surface area (Å²) < 4.78 is 0. The number of carbonyl (C=O) groups is 1. The summed E-state index contributed by atoms with van der Waals surface area (Å²) in [6, 6.07) is 15.7. The van der Waals surface area contributed by atoms with Gasteiger partial charge in [-0.05, 0) is 53.3 Å². The lowest BCUT2D eigenvalue weighted by Gasteiger charge is -2.11. The number of allylic oxidation sites excluding steroid dienone is 2. The summed E-state index contributed by atoms with van der Waals surface area (Å²) in [5.41, 5.74) is 10.4. The van der Waals surface area contributed by atoms with Gasteiger partial charge in [0.25, 0.3) is 0 Å². The number of rotatable bonds is 6. The zero-order chi connectivity index (χ0) is 17.6. The van der Waals surface area contributed by atoms with E-state index in [2.05, 4.69) is 35.7 Å². The first-order valence-electron chi connectivity index (χ1n) is 8.37. The maximum Gasteiger partial charge on any atom is 0.248 e. The molecule has 3 nitrogen and oxygen atoms in total. The third-order valence-corrected chi connectivity index (χ3v) is 4.52. The fraction of sp³-hybridized carbons (Fsp3) is 0.190. The molecule has 136 valence electrons. The van der Waals surface area contributed by atoms with Gasteiger partial charge in [0.05, 0.1) is 0 Å². The maximum absolute atomic E-state index is 11.3. The minimum absolute atomic E-state index is 0. The number of primary amides is 1. The first-order chi connectivity index (χ1) is 12.1. The summed E-state index contributed by atoms with van der Waals surface area (Å²) in [5, 5.41) is 4.37. The third-order valence-electron chi connectivity index (χ3n) is 4.22. The number of nitrogens with one attached hydrogen (secondary N) is 1. The molecule has 2 aromatic carbocycles. The van der Waals surface area contributed by atoms with Gasteiger partial charge in [0.15, 0.2) is 0 Å². The van der Waals surface area contributed by atoms with Crippen LogP contribution in [0.15, 0.2) is 71.3 Å². The van der Waals surface area contributed by atoms with E-state index in [1.165, 1.54) is 11.1 Å². The van der Waals surface area contributed by atoms with Gasteiger partial charge in [0.1, 0.15) is 0 Å². The third kappa shape index (κ3) is 5.46. The molecule has 0 saturated carbocycles. The van der Waals surface area contributed by atoms with Crippen molar-refractivity contribution in [2.24, 2.45) is 5.73 Å². The predicted molar refractivity (Wildman–Crippen MR) is 111 cm³/mol. The fourth-order valence-electron chi connectivity index (χ4n) is 2.87. The second-order valence-electron chi connectivity index (χ2n) is 6.15. The van der Waals surface area contributed by atoms with Crippen molar-refractivity contribution in [3.8, 4) is 11.1 Å². The summed E-state index contributed by atoms with van der Waals surface area (Å²) >= 11 is 6.08. The number of carbonyl (C=O) groups excluding carboxylic acids is 1. The number of halogens is 2. The van der Waals surface area contributed by atoms with Crippen LogP contribution in [-0.2, 0) is 6.54 Å². The average molecular weight is 389 g/mol. The largest absolute Gasteiger partial charge is 0.366 e. The van der Waals surface area contributed by atoms with E-state index in [1.807, 2.05) is 24.3 Å². The van der Waals surface area contributed by atoms with Crippen LogP contribution in [0.3, 0.4) is 0 Å². The predicted octanol–water partition coefficient (Wildman–Crippen LogP) is 4.81. The highest BCUT2D eigenvalue weighted by Gasteiger charge is 2.05.